The summed E-state index contributed by atoms with van der Waals surface area (Å²) in [6, 6.07) is 4.43. The van der Waals surface area contributed by atoms with Crippen LogP contribution in [0.3, 0.4) is 0 Å². The lowest BCUT2D eigenvalue weighted by molar-refractivity contribution is -0.135. The van der Waals surface area contributed by atoms with Gasteiger partial charge < -0.3 is 10.2 Å². The van der Waals surface area contributed by atoms with Gasteiger partial charge in [-0.1, -0.05) is 24.4 Å². The summed E-state index contributed by atoms with van der Waals surface area (Å²) in [5.74, 6) is -0.323. The van der Waals surface area contributed by atoms with Crippen LogP contribution < -0.4 is 5.32 Å². The van der Waals surface area contributed by atoms with Gasteiger partial charge in [0.05, 0.1) is 28.1 Å². The molecule has 2 amide bonds. The second kappa shape index (κ2) is 11.0. The number of likely N-dealkylation sites (tertiary alicyclic amines) is 1. The molecule has 1 aromatic carbocycles. The van der Waals surface area contributed by atoms with E-state index in [1.807, 2.05) is 4.90 Å². The Morgan fingerprint density at radius 3 is 2.44 bits per heavy atom. The van der Waals surface area contributed by atoms with E-state index in [2.05, 4.69) is 5.32 Å². The number of hydrogen-bond acceptors (Lipinski definition) is 5. The van der Waals surface area contributed by atoms with Crippen LogP contribution in [0.5, 0.6) is 0 Å². The van der Waals surface area contributed by atoms with Crippen molar-refractivity contribution in [2.24, 2.45) is 5.92 Å². The van der Waals surface area contributed by atoms with Gasteiger partial charge in [-0.15, -0.1) is 0 Å². The molecule has 8 nitrogen and oxygen atoms in total. The highest BCUT2D eigenvalue weighted by molar-refractivity contribution is 7.89. The van der Waals surface area contributed by atoms with Gasteiger partial charge in [0.1, 0.15) is 0 Å². The standard InChI is InChI=1S/C22H33ClN4O4S/c1-25(2)22(29)17-8-7-11-26(15-17)16-21(28)24-20-14-18(9-10-19(20)23)32(30,31)27-12-5-3-4-6-13-27/h9-10,14,17H,3-8,11-13,15-16H2,1-2H3,(H,24,28). The highest BCUT2D eigenvalue weighted by atomic mass is 35.5. The molecule has 10 heteroatoms. The van der Waals surface area contributed by atoms with E-state index in [4.69, 9.17) is 11.6 Å². The van der Waals surface area contributed by atoms with Gasteiger partial charge in [0.25, 0.3) is 0 Å². The summed E-state index contributed by atoms with van der Waals surface area (Å²) in [7, 11) is -0.164. The molecule has 2 heterocycles. The van der Waals surface area contributed by atoms with E-state index in [9.17, 15) is 18.0 Å². The number of amides is 2. The maximum absolute atomic E-state index is 13.1. The van der Waals surface area contributed by atoms with E-state index in [0.717, 1.165) is 45.1 Å². The lowest BCUT2D eigenvalue weighted by Crippen LogP contribution is -2.45. The molecular formula is C22H33ClN4O4S. The number of piperidine rings is 1. The van der Waals surface area contributed by atoms with Crippen molar-refractivity contribution in [1.82, 2.24) is 14.1 Å². The molecule has 3 rings (SSSR count). The number of hydrogen-bond donors (Lipinski definition) is 1. The minimum atomic E-state index is -3.64. The Morgan fingerprint density at radius 1 is 1.09 bits per heavy atom. The van der Waals surface area contributed by atoms with Crippen molar-refractivity contribution in [3.63, 3.8) is 0 Å². The molecule has 178 valence electrons. The number of benzene rings is 1. The van der Waals surface area contributed by atoms with Crippen LogP contribution in [0.2, 0.25) is 5.02 Å². The van der Waals surface area contributed by atoms with Crippen LogP contribution in [0.25, 0.3) is 0 Å². The SMILES string of the molecule is CN(C)C(=O)C1CCCN(CC(=O)Nc2cc(S(=O)(=O)N3CCCCCC3)ccc2Cl)C1. The van der Waals surface area contributed by atoms with Crippen LogP contribution in [-0.4, -0.2) is 81.2 Å². The maximum Gasteiger partial charge on any atom is 0.243 e. The Balaban J connectivity index is 1.67. The van der Waals surface area contributed by atoms with E-state index in [0.29, 0.717) is 19.6 Å². The molecule has 2 fully saturated rings. The molecule has 0 radical (unpaired) electrons. The fourth-order valence-electron chi connectivity index (χ4n) is 4.35. The molecule has 1 atom stereocenters. The Kier molecular flexibility index (Phi) is 8.55. The summed E-state index contributed by atoms with van der Waals surface area (Å²) < 4.78 is 27.7. The number of halogens is 1. The van der Waals surface area contributed by atoms with Gasteiger partial charge in [-0.05, 0) is 50.4 Å². The summed E-state index contributed by atoms with van der Waals surface area (Å²) in [6.45, 7) is 2.41. The zero-order valence-corrected chi connectivity index (χ0v) is 20.4. The largest absolute Gasteiger partial charge is 0.349 e. The Hall–Kier alpha value is -1.68. The molecule has 2 saturated heterocycles. The van der Waals surface area contributed by atoms with Gasteiger partial charge in [0, 0.05) is 33.7 Å². The second-order valence-electron chi connectivity index (χ2n) is 8.82. The van der Waals surface area contributed by atoms with Gasteiger partial charge in [0.15, 0.2) is 0 Å². The van der Waals surface area contributed by atoms with Crippen molar-refractivity contribution >= 4 is 39.1 Å². The molecule has 0 saturated carbocycles. The number of carbonyl (C=O) groups is 2. The molecule has 2 aliphatic rings. The lowest BCUT2D eigenvalue weighted by atomic mass is 9.97. The van der Waals surface area contributed by atoms with Gasteiger partial charge in [-0.25, -0.2) is 8.42 Å². The lowest BCUT2D eigenvalue weighted by Gasteiger charge is -2.32. The molecule has 1 N–H and O–H groups in total. The third kappa shape index (κ3) is 6.21. The first-order valence-corrected chi connectivity index (χ1v) is 13.0. The number of carbonyl (C=O) groups excluding carboxylic acids is 2. The van der Waals surface area contributed by atoms with Crippen molar-refractivity contribution in [3.8, 4) is 0 Å². The van der Waals surface area contributed by atoms with E-state index in [1.165, 1.54) is 22.5 Å². The predicted molar refractivity (Wildman–Crippen MR) is 125 cm³/mol. The monoisotopic (exact) mass is 484 g/mol. The first-order valence-electron chi connectivity index (χ1n) is 11.2. The normalized spacial score (nSPS) is 21.0. The molecule has 32 heavy (non-hydrogen) atoms. The fourth-order valence-corrected chi connectivity index (χ4v) is 6.06. The third-order valence-corrected chi connectivity index (χ3v) is 8.30. The zero-order chi connectivity index (χ0) is 23.3. The first kappa shape index (κ1) is 25.0. The van der Waals surface area contributed by atoms with Gasteiger partial charge in [0.2, 0.25) is 21.8 Å². The predicted octanol–water partition coefficient (Wildman–Crippen LogP) is 2.64. The van der Waals surface area contributed by atoms with Crippen molar-refractivity contribution in [1.29, 1.82) is 0 Å². The minimum Gasteiger partial charge on any atom is -0.349 e. The topological polar surface area (TPSA) is 90.0 Å². The molecule has 0 bridgehead atoms. The van der Waals surface area contributed by atoms with Gasteiger partial charge in [-0.2, -0.15) is 4.31 Å². The molecule has 0 spiro atoms. The third-order valence-electron chi connectivity index (χ3n) is 6.08. The number of anilines is 1. The van der Waals surface area contributed by atoms with Crippen LogP contribution >= 0.6 is 11.6 Å². The van der Waals surface area contributed by atoms with Gasteiger partial charge >= 0.3 is 0 Å². The van der Waals surface area contributed by atoms with Crippen LogP contribution in [0.4, 0.5) is 5.69 Å². The number of nitrogens with zero attached hydrogens (tertiary/aromatic N) is 3. The summed E-state index contributed by atoms with van der Waals surface area (Å²) >= 11 is 6.26. The molecular weight excluding hydrogens is 452 g/mol. The van der Waals surface area contributed by atoms with Crippen LogP contribution in [-0.2, 0) is 19.6 Å². The van der Waals surface area contributed by atoms with Crippen LogP contribution in [0.1, 0.15) is 38.5 Å². The van der Waals surface area contributed by atoms with E-state index in [-0.39, 0.29) is 39.9 Å². The highest BCUT2D eigenvalue weighted by Gasteiger charge is 2.29. The summed E-state index contributed by atoms with van der Waals surface area (Å²) in [4.78, 5) is 28.6. The quantitative estimate of drug-likeness (QED) is 0.670. The Labute approximate surface area is 195 Å². The summed E-state index contributed by atoms with van der Waals surface area (Å²) in [5, 5.41) is 3.05. The maximum atomic E-state index is 13.1. The molecule has 0 aliphatic carbocycles. The minimum absolute atomic E-state index is 0.0737. The molecule has 1 unspecified atom stereocenters. The molecule has 1 aromatic rings. The molecule has 2 aliphatic heterocycles. The first-order chi connectivity index (χ1) is 15.2. The van der Waals surface area contributed by atoms with Crippen molar-refractivity contribution < 1.29 is 18.0 Å². The number of sulfonamides is 1. The van der Waals surface area contributed by atoms with Crippen LogP contribution in [0.15, 0.2) is 23.1 Å². The number of rotatable bonds is 6. The Morgan fingerprint density at radius 2 is 1.78 bits per heavy atom. The van der Waals surface area contributed by atoms with Crippen molar-refractivity contribution in [2.75, 3.05) is 52.1 Å². The van der Waals surface area contributed by atoms with E-state index < -0.39 is 10.0 Å². The average molecular weight is 485 g/mol. The zero-order valence-electron chi connectivity index (χ0n) is 18.8. The summed E-state index contributed by atoms with van der Waals surface area (Å²) in [5.41, 5.74) is 0.283. The van der Waals surface area contributed by atoms with Gasteiger partial charge in [-0.3, -0.25) is 14.5 Å². The van der Waals surface area contributed by atoms with Crippen molar-refractivity contribution in [2.45, 2.75) is 43.4 Å². The van der Waals surface area contributed by atoms with E-state index in [1.54, 1.807) is 19.0 Å². The second-order valence-corrected chi connectivity index (χ2v) is 11.2. The number of nitrogens with one attached hydrogen (secondary N) is 1. The molecule has 0 aromatic heterocycles. The fraction of sp³-hybridized carbons (Fsp3) is 0.636. The summed E-state index contributed by atoms with van der Waals surface area (Å²) in [6.07, 6.45) is 5.43. The van der Waals surface area contributed by atoms with Crippen LogP contribution in [0, 0.1) is 5.92 Å². The smallest absolute Gasteiger partial charge is 0.243 e. The Bertz CT molecular complexity index is 930. The highest BCUT2D eigenvalue weighted by Crippen LogP contribution is 2.28. The van der Waals surface area contributed by atoms with Crippen molar-refractivity contribution in [3.05, 3.63) is 23.2 Å². The van der Waals surface area contributed by atoms with E-state index >= 15 is 0 Å². The average Bonchev–Trinajstić information content (AvgIpc) is 3.05.